The predicted octanol–water partition coefficient (Wildman–Crippen LogP) is 4.51. The topological polar surface area (TPSA) is 38.1 Å². The van der Waals surface area contributed by atoms with Gasteiger partial charge in [-0.15, -0.1) is 0 Å². The van der Waals surface area contributed by atoms with Crippen molar-refractivity contribution in [2.24, 2.45) is 5.92 Å². The summed E-state index contributed by atoms with van der Waals surface area (Å²) < 4.78 is 41.7. The Morgan fingerprint density at radius 1 is 1.32 bits per heavy atom. The Morgan fingerprint density at radius 2 is 2.07 bits per heavy atom. The van der Waals surface area contributed by atoms with Crippen LogP contribution in [0.5, 0.6) is 0 Å². The molecule has 0 bridgehead atoms. The molecule has 0 radical (unpaired) electrons. The van der Waals surface area contributed by atoms with Gasteiger partial charge in [-0.3, -0.25) is 4.79 Å². The van der Waals surface area contributed by atoms with Crippen LogP contribution >= 0.6 is 0 Å². The third-order valence-electron chi connectivity index (χ3n) is 5.31. The fourth-order valence-corrected chi connectivity index (χ4v) is 3.77. The van der Waals surface area contributed by atoms with E-state index in [1.165, 1.54) is 12.1 Å². The van der Waals surface area contributed by atoms with Crippen molar-refractivity contribution in [3.05, 3.63) is 53.6 Å². The Labute approximate surface area is 163 Å². The summed E-state index contributed by atoms with van der Waals surface area (Å²) in [6, 6.07) is 5.58. The van der Waals surface area contributed by atoms with Crippen molar-refractivity contribution in [1.82, 2.24) is 14.5 Å². The normalized spacial score (nSPS) is 18.9. The third-order valence-corrected chi connectivity index (χ3v) is 5.31. The molecule has 1 aliphatic rings. The van der Waals surface area contributed by atoms with Crippen molar-refractivity contribution in [3.63, 3.8) is 0 Å². The number of carbonyl (C=O) groups is 1. The van der Waals surface area contributed by atoms with Gasteiger partial charge in [0.1, 0.15) is 5.82 Å². The summed E-state index contributed by atoms with van der Waals surface area (Å²) >= 11 is 0. The van der Waals surface area contributed by atoms with Crippen LogP contribution < -0.4 is 0 Å². The van der Waals surface area contributed by atoms with Gasteiger partial charge in [-0.25, -0.2) is 4.98 Å². The zero-order chi connectivity index (χ0) is 20.3. The predicted molar refractivity (Wildman–Crippen MR) is 101 cm³/mol. The molecule has 152 valence electrons. The first-order valence-corrected chi connectivity index (χ1v) is 9.74. The lowest BCUT2D eigenvalue weighted by molar-refractivity contribution is -0.138. The second-order valence-corrected chi connectivity index (χ2v) is 7.43. The van der Waals surface area contributed by atoms with Crippen LogP contribution in [-0.4, -0.2) is 34.0 Å². The van der Waals surface area contributed by atoms with Crippen molar-refractivity contribution >= 4 is 5.91 Å². The molecule has 3 rings (SSSR count). The van der Waals surface area contributed by atoms with Crippen LogP contribution in [0.3, 0.4) is 0 Å². The average Bonchev–Trinajstić information content (AvgIpc) is 3.34. The van der Waals surface area contributed by atoms with Crippen LogP contribution in [0, 0.1) is 5.92 Å². The summed E-state index contributed by atoms with van der Waals surface area (Å²) in [7, 11) is 1.73. The minimum Gasteiger partial charge on any atom is -0.345 e. The highest BCUT2D eigenvalue weighted by molar-refractivity contribution is 5.83. The fourth-order valence-electron chi connectivity index (χ4n) is 3.77. The van der Waals surface area contributed by atoms with E-state index in [0.29, 0.717) is 13.0 Å². The quantitative estimate of drug-likeness (QED) is 0.662. The number of rotatable bonds is 8. The molecule has 1 fully saturated rings. The number of aromatic nitrogens is 2. The maximum atomic E-state index is 13.2. The Morgan fingerprint density at radius 3 is 2.79 bits per heavy atom. The molecule has 1 aromatic carbocycles. The van der Waals surface area contributed by atoms with E-state index in [9.17, 15) is 18.0 Å². The molecule has 1 aliphatic carbocycles. The molecule has 2 atom stereocenters. The number of hydrogen-bond acceptors (Lipinski definition) is 2. The summed E-state index contributed by atoms with van der Waals surface area (Å²) in [6.07, 6.45) is 2.42. The van der Waals surface area contributed by atoms with E-state index < -0.39 is 11.7 Å². The monoisotopic (exact) mass is 393 g/mol. The number of alkyl halides is 3. The fraction of sp³-hybridized carbons (Fsp3) is 0.524. The number of carbonyl (C=O) groups excluding carboxylic acids is 1. The Bertz CT molecular complexity index is 815. The van der Waals surface area contributed by atoms with Crippen LogP contribution in [-0.2, 0) is 23.9 Å². The second kappa shape index (κ2) is 8.37. The molecule has 1 heterocycles. The molecule has 0 saturated heterocycles. The molecule has 4 nitrogen and oxygen atoms in total. The minimum absolute atomic E-state index is 0.0705. The van der Waals surface area contributed by atoms with Gasteiger partial charge in [-0.2, -0.15) is 13.2 Å². The van der Waals surface area contributed by atoms with Crippen LogP contribution in [0.1, 0.15) is 49.1 Å². The van der Waals surface area contributed by atoms with Gasteiger partial charge in [-0.05, 0) is 36.8 Å². The van der Waals surface area contributed by atoms with Crippen molar-refractivity contribution in [2.75, 3.05) is 13.6 Å². The molecule has 28 heavy (non-hydrogen) atoms. The molecule has 1 saturated carbocycles. The van der Waals surface area contributed by atoms with Crippen molar-refractivity contribution in [3.8, 4) is 0 Å². The lowest BCUT2D eigenvalue weighted by atomic mass is 10.0. The standard InChI is InChI=1S/C21H26F3N3O/c1-3-11-27-13-10-25-19(27)9-6-12-26(2)20(28)17-14-16(17)15-7-4-5-8-18(15)21(22,23)24/h4-5,7-8,10,13,16-17H,3,6,9,11-12,14H2,1-2H3/t16-,17-/m1/s1. The number of halogens is 3. The summed E-state index contributed by atoms with van der Waals surface area (Å²) in [5.74, 6) is 0.247. The summed E-state index contributed by atoms with van der Waals surface area (Å²) in [5.41, 5.74) is -0.385. The zero-order valence-electron chi connectivity index (χ0n) is 16.2. The Kier molecular flexibility index (Phi) is 6.10. The molecule has 2 aromatic rings. The summed E-state index contributed by atoms with van der Waals surface area (Å²) in [5, 5.41) is 0. The van der Waals surface area contributed by atoms with Crippen molar-refractivity contribution in [2.45, 2.75) is 51.2 Å². The smallest absolute Gasteiger partial charge is 0.345 e. The first-order chi connectivity index (χ1) is 13.3. The molecule has 0 N–H and O–H groups in total. The number of imidazole rings is 1. The second-order valence-electron chi connectivity index (χ2n) is 7.43. The summed E-state index contributed by atoms with van der Waals surface area (Å²) in [6.45, 7) is 3.60. The van der Waals surface area contributed by atoms with Crippen LogP contribution in [0.4, 0.5) is 13.2 Å². The Hall–Kier alpha value is -2.31. The first-order valence-electron chi connectivity index (χ1n) is 9.74. The molecule has 1 amide bonds. The van der Waals surface area contributed by atoms with E-state index in [1.54, 1.807) is 24.2 Å². The highest BCUT2D eigenvalue weighted by atomic mass is 19.4. The molecular formula is C21H26F3N3O. The first kappa shape index (κ1) is 20.4. The van der Waals surface area contributed by atoms with Crippen molar-refractivity contribution in [1.29, 1.82) is 0 Å². The van der Waals surface area contributed by atoms with Crippen LogP contribution in [0.25, 0.3) is 0 Å². The summed E-state index contributed by atoms with van der Waals surface area (Å²) in [4.78, 5) is 18.6. The third kappa shape index (κ3) is 4.56. The van der Waals surface area contributed by atoms with E-state index >= 15 is 0 Å². The largest absolute Gasteiger partial charge is 0.416 e. The number of aryl methyl sites for hydroxylation is 2. The van der Waals surface area contributed by atoms with Gasteiger partial charge >= 0.3 is 6.18 Å². The molecule has 7 heteroatoms. The number of amides is 1. The van der Waals surface area contributed by atoms with E-state index in [2.05, 4.69) is 16.5 Å². The maximum Gasteiger partial charge on any atom is 0.416 e. The molecule has 0 spiro atoms. The van der Waals surface area contributed by atoms with Gasteiger partial charge in [0.25, 0.3) is 0 Å². The van der Waals surface area contributed by atoms with Gasteiger partial charge in [0.15, 0.2) is 0 Å². The molecule has 0 unspecified atom stereocenters. The zero-order valence-corrected chi connectivity index (χ0v) is 16.2. The number of hydrogen-bond donors (Lipinski definition) is 0. The lowest BCUT2D eigenvalue weighted by Crippen LogP contribution is -2.30. The Balaban J connectivity index is 1.54. The van der Waals surface area contributed by atoms with Crippen molar-refractivity contribution < 1.29 is 18.0 Å². The van der Waals surface area contributed by atoms with E-state index in [1.807, 2.05) is 6.20 Å². The van der Waals surface area contributed by atoms with Gasteiger partial charge in [0.05, 0.1) is 5.56 Å². The average molecular weight is 393 g/mol. The van der Waals surface area contributed by atoms with Gasteiger partial charge in [0.2, 0.25) is 5.91 Å². The van der Waals surface area contributed by atoms with E-state index in [0.717, 1.165) is 37.7 Å². The number of benzene rings is 1. The lowest BCUT2D eigenvalue weighted by Gasteiger charge is -2.18. The minimum atomic E-state index is -4.39. The van der Waals surface area contributed by atoms with Crippen LogP contribution in [0.15, 0.2) is 36.7 Å². The van der Waals surface area contributed by atoms with Gasteiger partial charge < -0.3 is 9.47 Å². The maximum absolute atomic E-state index is 13.2. The molecule has 0 aliphatic heterocycles. The molecule has 1 aromatic heterocycles. The highest BCUT2D eigenvalue weighted by Crippen LogP contribution is 2.51. The van der Waals surface area contributed by atoms with E-state index in [-0.39, 0.29) is 23.3 Å². The van der Waals surface area contributed by atoms with E-state index in [4.69, 9.17) is 0 Å². The van der Waals surface area contributed by atoms with Gasteiger partial charge in [0, 0.05) is 44.9 Å². The highest BCUT2D eigenvalue weighted by Gasteiger charge is 2.48. The molecular weight excluding hydrogens is 367 g/mol. The van der Waals surface area contributed by atoms with Gasteiger partial charge in [-0.1, -0.05) is 25.1 Å². The SMILES string of the molecule is CCCn1ccnc1CCCN(C)C(=O)[C@@H]1C[C@@H]1c1ccccc1C(F)(F)F. The van der Waals surface area contributed by atoms with Crippen LogP contribution in [0.2, 0.25) is 0 Å². The number of nitrogens with zero attached hydrogens (tertiary/aromatic N) is 3.